The Morgan fingerprint density at radius 3 is 2.62 bits per heavy atom. The largest absolute Gasteiger partial charge is 0.495 e. The summed E-state index contributed by atoms with van der Waals surface area (Å²) < 4.78 is 4.88. The maximum atomic E-state index is 8.90. The molecule has 0 saturated heterocycles. The Labute approximate surface area is 76.1 Å². The second-order valence-corrected chi connectivity index (χ2v) is 2.41. The lowest BCUT2D eigenvalue weighted by molar-refractivity contribution is 0.410. The van der Waals surface area contributed by atoms with Crippen molar-refractivity contribution in [3.63, 3.8) is 0 Å². The molecule has 0 heterocycles. The van der Waals surface area contributed by atoms with Gasteiger partial charge in [-0.05, 0) is 6.07 Å². The molecule has 0 fully saturated rings. The number of nitrogens with zero attached hydrogens (tertiary/aromatic N) is 1. The van der Waals surface area contributed by atoms with Gasteiger partial charge in [-0.15, -0.1) is 0 Å². The summed E-state index contributed by atoms with van der Waals surface area (Å²) in [5, 5.41) is 26.5. The van der Waals surface area contributed by atoms with Crippen molar-refractivity contribution in [2.45, 2.75) is 0 Å². The number of hydrogen-bond acceptors (Lipinski definition) is 4. The Balaban J connectivity index is 3.29. The Bertz CT molecular complexity index is 346. The van der Waals surface area contributed by atoms with Gasteiger partial charge in [0.05, 0.1) is 12.7 Å². The summed E-state index contributed by atoms with van der Waals surface area (Å²) in [4.78, 5) is 0. The van der Waals surface area contributed by atoms with Gasteiger partial charge < -0.3 is 14.8 Å². The van der Waals surface area contributed by atoms with Crippen LogP contribution in [0.1, 0.15) is 5.56 Å². The molecule has 1 aromatic rings. The molecule has 0 radical (unpaired) electrons. The van der Waals surface area contributed by atoms with E-state index in [0.717, 1.165) is 0 Å². The fourth-order valence-electron chi connectivity index (χ4n) is 1.05. The molecule has 0 aliphatic rings. The third kappa shape index (κ3) is 1.80. The average molecular weight is 177 g/mol. The SMILES string of the molecule is COc1cccc(B(O)O)c1C#N. The summed E-state index contributed by atoms with van der Waals surface area (Å²) in [6.45, 7) is 0. The second-order valence-electron chi connectivity index (χ2n) is 2.41. The molecule has 0 aromatic heterocycles. The predicted molar refractivity (Wildman–Crippen MR) is 47.5 cm³/mol. The van der Waals surface area contributed by atoms with Crippen LogP contribution < -0.4 is 10.2 Å². The van der Waals surface area contributed by atoms with Crippen molar-refractivity contribution >= 4 is 12.6 Å². The normalized spacial score (nSPS) is 9.08. The van der Waals surface area contributed by atoms with Crippen LogP contribution in [0, 0.1) is 11.3 Å². The van der Waals surface area contributed by atoms with E-state index in [9.17, 15) is 0 Å². The van der Waals surface area contributed by atoms with Crippen LogP contribution in [0.5, 0.6) is 5.75 Å². The van der Waals surface area contributed by atoms with E-state index >= 15 is 0 Å². The van der Waals surface area contributed by atoms with E-state index in [2.05, 4.69) is 0 Å². The Morgan fingerprint density at radius 2 is 2.15 bits per heavy atom. The van der Waals surface area contributed by atoms with Crippen LogP contribution >= 0.6 is 0 Å². The smallest absolute Gasteiger partial charge is 0.489 e. The third-order valence-electron chi connectivity index (χ3n) is 1.67. The summed E-state index contributed by atoms with van der Waals surface area (Å²) in [7, 11) is -0.228. The van der Waals surface area contributed by atoms with Crippen LogP contribution in [0.25, 0.3) is 0 Å². The van der Waals surface area contributed by atoms with Crippen LogP contribution in [-0.2, 0) is 0 Å². The lowest BCUT2D eigenvalue weighted by Crippen LogP contribution is -2.32. The molecule has 5 heteroatoms. The van der Waals surface area contributed by atoms with E-state index in [-0.39, 0.29) is 11.0 Å². The quantitative estimate of drug-likeness (QED) is 0.582. The predicted octanol–water partition coefficient (Wildman–Crippen LogP) is -0.753. The molecule has 13 heavy (non-hydrogen) atoms. The highest BCUT2D eigenvalue weighted by Crippen LogP contribution is 2.14. The molecular formula is C8H8BNO3. The summed E-state index contributed by atoms with van der Waals surface area (Å²) in [5.41, 5.74) is 0.307. The van der Waals surface area contributed by atoms with E-state index in [0.29, 0.717) is 5.75 Å². The molecule has 0 spiro atoms. The summed E-state index contributed by atoms with van der Waals surface area (Å²) in [5.74, 6) is 0.341. The van der Waals surface area contributed by atoms with Crippen LogP contribution in [0.4, 0.5) is 0 Å². The van der Waals surface area contributed by atoms with Crippen LogP contribution in [0.3, 0.4) is 0 Å². The van der Waals surface area contributed by atoms with Gasteiger partial charge in [0.2, 0.25) is 0 Å². The molecular weight excluding hydrogens is 169 g/mol. The first-order valence-corrected chi connectivity index (χ1v) is 3.64. The number of nitriles is 1. The van der Waals surface area contributed by atoms with Crippen LogP contribution in [0.2, 0.25) is 0 Å². The first kappa shape index (κ1) is 9.58. The molecule has 0 aliphatic carbocycles. The Hall–Kier alpha value is -1.51. The van der Waals surface area contributed by atoms with Crippen molar-refractivity contribution in [1.82, 2.24) is 0 Å². The highest BCUT2D eigenvalue weighted by Gasteiger charge is 2.18. The number of rotatable bonds is 2. The van der Waals surface area contributed by atoms with E-state index in [1.54, 1.807) is 12.1 Å². The number of hydrogen-bond donors (Lipinski definition) is 2. The first-order chi connectivity index (χ1) is 6.20. The van der Waals surface area contributed by atoms with Gasteiger partial charge in [0.25, 0.3) is 0 Å². The molecule has 1 aromatic carbocycles. The first-order valence-electron chi connectivity index (χ1n) is 3.64. The van der Waals surface area contributed by atoms with Gasteiger partial charge in [0.15, 0.2) is 0 Å². The minimum Gasteiger partial charge on any atom is -0.495 e. The van der Waals surface area contributed by atoms with Crippen molar-refractivity contribution < 1.29 is 14.8 Å². The van der Waals surface area contributed by atoms with Crippen LogP contribution in [0.15, 0.2) is 18.2 Å². The lowest BCUT2D eigenvalue weighted by atomic mass is 9.77. The van der Waals surface area contributed by atoms with Gasteiger partial charge >= 0.3 is 7.12 Å². The van der Waals surface area contributed by atoms with Gasteiger partial charge in [0, 0.05) is 5.46 Å². The molecule has 0 aliphatic heterocycles. The fraction of sp³-hybridized carbons (Fsp3) is 0.125. The van der Waals surface area contributed by atoms with Crippen LogP contribution in [-0.4, -0.2) is 24.3 Å². The van der Waals surface area contributed by atoms with Crippen molar-refractivity contribution in [3.8, 4) is 11.8 Å². The standard InChI is InChI=1S/C8H8BNO3/c1-13-8-4-2-3-7(9(11)12)6(8)5-10/h2-4,11-12H,1H3. The minimum absolute atomic E-state index is 0.153. The maximum absolute atomic E-state index is 8.90. The third-order valence-corrected chi connectivity index (χ3v) is 1.67. The molecule has 0 unspecified atom stereocenters. The van der Waals surface area contributed by atoms with Gasteiger partial charge in [-0.1, -0.05) is 12.1 Å². The Morgan fingerprint density at radius 1 is 1.46 bits per heavy atom. The highest BCUT2D eigenvalue weighted by atomic mass is 16.5. The van der Waals surface area contributed by atoms with Crippen molar-refractivity contribution in [1.29, 1.82) is 5.26 Å². The average Bonchev–Trinajstić information content (AvgIpc) is 2.16. The van der Waals surface area contributed by atoms with Crippen molar-refractivity contribution in [2.75, 3.05) is 7.11 Å². The van der Waals surface area contributed by atoms with E-state index < -0.39 is 7.12 Å². The van der Waals surface area contributed by atoms with E-state index in [1.165, 1.54) is 13.2 Å². The molecule has 66 valence electrons. The molecule has 4 nitrogen and oxygen atoms in total. The van der Waals surface area contributed by atoms with Gasteiger partial charge in [0.1, 0.15) is 11.8 Å². The minimum atomic E-state index is -1.65. The zero-order chi connectivity index (χ0) is 9.84. The number of benzene rings is 1. The molecule has 0 atom stereocenters. The van der Waals surface area contributed by atoms with Crippen molar-refractivity contribution in [2.24, 2.45) is 0 Å². The lowest BCUT2D eigenvalue weighted by Gasteiger charge is -2.06. The molecule has 0 saturated carbocycles. The zero-order valence-electron chi connectivity index (χ0n) is 7.06. The molecule has 2 N–H and O–H groups in total. The molecule has 0 bridgehead atoms. The monoisotopic (exact) mass is 177 g/mol. The topological polar surface area (TPSA) is 73.5 Å². The van der Waals surface area contributed by atoms with Gasteiger partial charge in [-0.2, -0.15) is 5.26 Å². The zero-order valence-corrected chi connectivity index (χ0v) is 7.06. The highest BCUT2D eigenvalue weighted by molar-refractivity contribution is 6.59. The summed E-state index contributed by atoms with van der Waals surface area (Å²) in [6.07, 6.45) is 0. The van der Waals surface area contributed by atoms with Gasteiger partial charge in [-0.3, -0.25) is 0 Å². The second kappa shape index (κ2) is 3.94. The summed E-state index contributed by atoms with van der Waals surface area (Å²) >= 11 is 0. The van der Waals surface area contributed by atoms with E-state index in [1.807, 2.05) is 6.07 Å². The maximum Gasteiger partial charge on any atom is 0.489 e. The van der Waals surface area contributed by atoms with E-state index in [4.69, 9.17) is 20.0 Å². The number of methoxy groups -OCH3 is 1. The summed E-state index contributed by atoms with van der Waals surface area (Å²) in [6, 6.07) is 6.49. The fourth-order valence-corrected chi connectivity index (χ4v) is 1.05. The van der Waals surface area contributed by atoms with Crippen molar-refractivity contribution in [3.05, 3.63) is 23.8 Å². The van der Waals surface area contributed by atoms with Gasteiger partial charge in [-0.25, -0.2) is 0 Å². The molecule has 0 amide bonds. The molecule has 1 rings (SSSR count). The Kier molecular flexibility index (Phi) is 2.90. The number of ether oxygens (including phenoxy) is 1.